The number of hydrogen-bond donors (Lipinski definition) is 2. The lowest BCUT2D eigenvalue weighted by atomic mass is 9.85. The number of likely N-dealkylation sites (tertiary alicyclic amines) is 2. The lowest BCUT2D eigenvalue weighted by Gasteiger charge is -2.44. The number of ketones is 1. The molecule has 1 aromatic rings. The van der Waals surface area contributed by atoms with Crippen LogP contribution in [0.4, 0.5) is 4.39 Å². The number of nitrogens with zero attached hydrogens (tertiary/aromatic N) is 3. The lowest BCUT2D eigenvalue weighted by molar-refractivity contribution is -0.139. The monoisotopic (exact) mass is 573 g/mol. The van der Waals surface area contributed by atoms with Gasteiger partial charge in [-0.1, -0.05) is 6.92 Å². The molecule has 0 aromatic heterocycles. The predicted octanol–water partition coefficient (Wildman–Crippen LogP) is 3.51. The number of benzene rings is 1. The van der Waals surface area contributed by atoms with Gasteiger partial charge in [0, 0.05) is 23.4 Å². The topological polar surface area (TPSA) is 94.1 Å². The van der Waals surface area contributed by atoms with Gasteiger partial charge in [0.25, 0.3) is 0 Å². The van der Waals surface area contributed by atoms with Gasteiger partial charge >= 0.3 is 0 Å². The fourth-order valence-electron chi connectivity index (χ4n) is 5.83. The van der Waals surface area contributed by atoms with Crippen LogP contribution in [0.25, 0.3) is 0 Å². The highest BCUT2D eigenvalue weighted by molar-refractivity contribution is 8.14. The van der Waals surface area contributed by atoms with Crippen molar-refractivity contribution < 1.29 is 18.8 Å². The zero-order chi connectivity index (χ0) is 29.0. The smallest absolute Gasteiger partial charge is 0.246 e. The number of rotatable bonds is 10. The Morgan fingerprint density at radius 1 is 1.12 bits per heavy atom. The number of nitrogens with one attached hydrogen (secondary N) is 2. The van der Waals surface area contributed by atoms with E-state index >= 15 is 0 Å². The summed E-state index contributed by atoms with van der Waals surface area (Å²) in [5.74, 6) is -0.181. The summed E-state index contributed by atoms with van der Waals surface area (Å²) in [4.78, 5) is 49.3. The van der Waals surface area contributed by atoms with E-state index < -0.39 is 18.1 Å². The third-order valence-corrected chi connectivity index (χ3v) is 10.2. The maximum atomic E-state index is 14.2. The van der Waals surface area contributed by atoms with Crippen LogP contribution in [0.15, 0.2) is 29.3 Å². The van der Waals surface area contributed by atoms with Gasteiger partial charge in [-0.15, -0.1) is 11.8 Å². The van der Waals surface area contributed by atoms with Crippen LogP contribution in [-0.2, 0) is 9.59 Å². The second-order valence-corrected chi connectivity index (χ2v) is 12.9. The molecule has 2 unspecified atom stereocenters. The van der Waals surface area contributed by atoms with E-state index in [4.69, 9.17) is 4.99 Å². The average Bonchev–Trinajstić information content (AvgIpc) is 3.65. The Bertz CT molecular complexity index is 1100. The van der Waals surface area contributed by atoms with Crippen molar-refractivity contribution in [3.05, 3.63) is 35.6 Å². The Balaban J connectivity index is 1.50. The molecule has 1 aromatic carbocycles. The lowest BCUT2D eigenvalue weighted by Crippen LogP contribution is -2.59. The summed E-state index contributed by atoms with van der Waals surface area (Å²) >= 11 is 1.53. The largest absolute Gasteiger partial charge is 0.343 e. The molecule has 10 heteroatoms. The number of carbonyl (C=O) groups excluding carboxylic acids is 3. The van der Waals surface area contributed by atoms with E-state index in [1.807, 2.05) is 4.90 Å². The molecule has 3 aliphatic heterocycles. The fraction of sp³-hybridized carbons (Fsp3) is 0.667. The van der Waals surface area contributed by atoms with Crippen molar-refractivity contribution in [3.63, 3.8) is 0 Å². The van der Waals surface area contributed by atoms with Crippen LogP contribution in [0.5, 0.6) is 0 Å². The molecule has 4 atom stereocenters. The van der Waals surface area contributed by atoms with E-state index in [0.29, 0.717) is 17.9 Å². The highest BCUT2D eigenvalue weighted by atomic mass is 32.2. The summed E-state index contributed by atoms with van der Waals surface area (Å²) in [5.41, 5.74) is 0.545. The van der Waals surface area contributed by atoms with E-state index in [1.54, 1.807) is 14.0 Å². The minimum atomic E-state index is -0.598. The second kappa shape index (κ2) is 13.1. The first kappa shape index (κ1) is 30.7. The summed E-state index contributed by atoms with van der Waals surface area (Å²) < 4.78 is 13.3. The molecular weight excluding hydrogens is 529 g/mol. The van der Waals surface area contributed by atoms with Crippen LogP contribution in [0.3, 0.4) is 0 Å². The molecule has 0 saturated carbocycles. The second-order valence-electron chi connectivity index (χ2n) is 11.8. The van der Waals surface area contributed by atoms with Crippen molar-refractivity contribution in [1.82, 2.24) is 20.4 Å². The van der Waals surface area contributed by atoms with Gasteiger partial charge in [-0.05, 0) is 103 Å². The third-order valence-electron chi connectivity index (χ3n) is 9.05. The van der Waals surface area contributed by atoms with Crippen LogP contribution in [-0.4, -0.2) is 94.6 Å². The van der Waals surface area contributed by atoms with Crippen LogP contribution in [0.1, 0.15) is 70.2 Å². The minimum absolute atomic E-state index is 0.0519. The number of piperidine rings is 1. The SMILES string of the molecule is CCC(C)(C)N1CCC([C@H](NC(=O)[C@H](C)NC)C(=O)N2CCCC2C2=NC(C(=O)c3ccc(F)cc3)CS2)CC1. The first-order valence-electron chi connectivity index (χ1n) is 14.6. The van der Waals surface area contributed by atoms with Crippen molar-refractivity contribution in [2.75, 3.05) is 32.4 Å². The van der Waals surface area contributed by atoms with Crippen LogP contribution < -0.4 is 10.6 Å². The number of carbonyl (C=O) groups is 3. The number of Topliss-reactive ketones (excluding diaryl/α,β-unsaturated/α-hetero) is 1. The molecule has 0 bridgehead atoms. The van der Waals surface area contributed by atoms with Gasteiger partial charge in [0.1, 0.15) is 17.9 Å². The molecule has 220 valence electrons. The molecule has 3 aliphatic rings. The van der Waals surface area contributed by atoms with Crippen LogP contribution in [0, 0.1) is 11.7 Å². The Labute approximate surface area is 241 Å². The van der Waals surface area contributed by atoms with Gasteiger partial charge in [-0.3, -0.25) is 24.3 Å². The number of hydrogen-bond acceptors (Lipinski definition) is 7. The maximum Gasteiger partial charge on any atom is 0.246 e. The molecule has 0 radical (unpaired) electrons. The molecule has 40 heavy (non-hydrogen) atoms. The van der Waals surface area contributed by atoms with Crippen molar-refractivity contribution >= 4 is 34.4 Å². The number of halogens is 1. The van der Waals surface area contributed by atoms with E-state index in [-0.39, 0.29) is 40.9 Å². The Kier molecular flexibility index (Phi) is 10.1. The molecule has 0 aliphatic carbocycles. The first-order chi connectivity index (χ1) is 19.1. The fourth-order valence-corrected chi connectivity index (χ4v) is 7.03. The van der Waals surface area contributed by atoms with E-state index in [1.165, 1.54) is 36.0 Å². The van der Waals surface area contributed by atoms with Crippen LogP contribution in [0.2, 0.25) is 0 Å². The zero-order valence-electron chi connectivity index (χ0n) is 24.4. The van der Waals surface area contributed by atoms with Gasteiger partial charge in [0.05, 0.1) is 17.1 Å². The summed E-state index contributed by atoms with van der Waals surface area (Å²) in [6, 6.07) is 3.82. The molecule has 4 rings (SSSR count). The van der Waals surface area contributed by atoms with Crippen molar-refractivity contribution in [3.8, 4) is 0 Å². The molecule has 8 nitrogen and oxygen atoms in total. The molecule has 0 spiro atoms. The molecular formula is C30H44FN5O3S. The highest BCUT2D eigenvalue weighted by Gasteiger charge is 2.43. The number of amides is 2. The Hall–Kier alpha value is -2.30. The Morgan fingerprint density at radius 2 is 1.80 bits per heavy atom. The number of thioether (sulfide) groups is 1. The summed E-state index contributed by atoms with van der Waals surface area (Å²) in [7, 11) is 1.74. The molecule has 2 amide bonds. The predicted molar refractivity (Wildman–Crippen MR) is 158 cm³/mol. The van der Waals surface area contributed by atoms with Gasteiger partial charge in [-0.2, -0.15) is 0 Å². The Morgan fingerprint density at radius 3 is 2.42 bits per heavy atom. The average molecular weight is 574 g/mol. The van der Waals surface area contributed by atoms with E-state index in [9.17, 15) is 18.8 Å². The first-order valence-corrected chi connectivity index (χ1v) is 15.6. The quantitative estimate of drug-likeness (QED) is 0.416. The normalized spacial score (nSPS) is 24.1. The van der Waals surface area contributed by atoms with E-state index in [0.717, 1.165) is 50.2 Å². The summed E-state index contributed by atoms with van der Waals surface area (Å²) in [6.07, 6.45) is 4.37. The van der Waals surface area contributed by atoms with Gasteiger partial charge in [0.2, 0.25) is 11.8 Å². The van der Waals surface area contributed by atoms with Gasteiger partial charge in [-0.25, -0.2) is 4.39 Å². The van der Waals surface area contributed by atoms with Crippen molar-refractivity contribution in [2.24, 2.45) is 10.9 Å². The number of aliphatic imine (C=N–C) groups is 1. The molecule has 3 heterocycles. The van der Waals surface area contributed by atoms with Crippen molar-refractivity contribution in [1.29, 1.82) is 0 Å². The van der Waals surface area contributed by atoms with Crippen LogP contribution >= 0.6 is 11.8 Å². The maximum absolute atomic E-state index is 14.2. The van der Waals surface area contributed by atoms with Gasteiger partial charge in [0.15, 0.2) is 5.78 Å². The minimum Gasteiger partial charge on any atom is -0.343 e. The van der Waals surface area contributed by atoms with Gasteiger partial charge < -0.3 is 15.5 Å². The standard InChI is InChI=1S/C30H44FN5O3S/c1-6-30(3,4)35-16-13-20(14-17-35)25(34-27(38)19(2)32-5)29(39)36-15-7-8-24(36)28-33-23(18-40-28)26(37)21-9-11-22(31)12-10-21/h9-12,19-20,23-25,32H,6-8,13-18H2,1-5H3,(H,34,38)/t19-,23?,24?,25-/m0/s1. The third kappa shape index (κ3) is 6.77. The molecule has 2 fully saturated rings. The summed E-state index contributed by atoms with van der Waals surface area (Å²) in [5, 5.41) is 6.89. The van der Waals surface area contributed by atoms with Crippen molar-refractivity contribution in [2.45, 2.75) is 89.5 Å². The summed E-state index contributed by atoms with van der Waals surface area (Å²) in [6.45, 7) is 10.9. The highest BCUT2D eigenvalue weighted by Crippen LogP contribution is 2.33. The molecule has 2 saturated heterocycles. The van der Waals surface area contributed by atoms with E-state index in [2.05, 4.69) is 36.3 Å². The number of likely N-dealkylation sites (N-methyl/N-ethyl adjacent to an activating group) is 1. The zero-order valence-corrected chi connectivity index (χ0v) is 25.2. The molecule has 2 N–H and O–H groups in total.